The van der Waals surface area contributed by atoms with E-state index in [1.54, 1.807) is 18.4 Å². The van der Waals surface area contributed by atoms with Crippen LogP contribution in [0, 0.1) is 0 Å². The number of methoxy groups -OCH3 is 1. The van der Waals surface area contributed by atoms with E-state index in [9.17, 15) is 0 Å². The van der Waals surface area contributed by atoms with E-state index in [2.05, 4.69) is 24.3 Å². The fourth-order valence-electron chi connectivity index (χ4n) is 2.57. The Kier molecular flexibility index (Phi) is 3.58. The molecule has 1 unspecified atom stereocenters. The molecule has 0 amide bonds. The summed E-state index contributed by atoms with van der Waals surface area (Å²) in [5.41, 5.74) is 8.96. The van der Waals surface area contributed by atoms with E-state index < -0.39 is 0 Å². The zero-order chi connectivity index (χ0) is 13.2. The maximum absolute atomic E-state index is 6.34. The molecule has 0 aliphatic heterocycles. The van der Waals surface area contributed by atoms with Crippen molar-refractivity contribution in [2.45, 2.75) is 31.2 Å². The van der Waals surface area contributed by atoms with Crippen LogP contribution in [0.25, 0.3) is 0 Å². The molecular weight excluding hydrogens is 254 g/mol. The zero-order valence-electron chi connectivity index (χ0n) is 11.1. The second kappa shape index (κ2) is 5.35. The Bertz CT molecular complexity index is 542. The normalized spacial score (nSPS) is 16.9. The maximum atomic E-state index is 6.34. The largest absolute Gasteiger partial charge is 0.496 e. The number of rotatable bonds is 4. The number of benzene rings is 1. The summed E-state index contributed by atoms with van der Waals surface area (Å²) in [4.78, 5) is 1.10. The highest BCUT2D eigenvalue weighted by atomic mass is 32.1. The van der Waals surface area contributed by atoms with E-state index in [4.69, 9.17) is 10.5 Å². The minimum absolute atomic E-state index is 0.0922. The maximum Gasteiger partial charge on any atom is 0.134 e. The Morgan fingerprint density at radius 1 is 1.21 bits per heavy atom. The predicted octanol–water partition coefficient (Wildman–Crippen LogP) is 4.07. The molecule has 100 valence electrons. The average molecular weight is 273 g/mol. The fourth-order valence-corrected chi connectivity index (χ4v) is 3.46. The number of ether oxygens (including phenoxy) is 1. The Hall–Kier alpha value is -1.32. The Morgan fingerprint density at radius 3 is 2.53 bits per heavy atom. The number of hydrogen-bond donors (Lipinski definition) is 1. The fraction of sp³-hybridized carbons (Fsp3) is 0.375. The highest BCUT2D eigenvalue weighted by molar-refractivity contribution is 7.10. The standard InChI is InChI=1S/C16H19NOS/c1-18-14-9-10-19-16(14)15(17)13-7-5-12(6-8-13)11-3-2-4-11/h5-11,15H,2-4,17H2,1H3. The molecule has 1 aromatic heterocycles. The van der Waals surface area contributed by atoms with Gasteiger partial charge >= 0.3 is 0 Å². The smallest absolute Gasteiger partial charge is 0.134 e. The third-order valence-electron chi connectivity index (χ3n) is 4.03. The molecule has 3 rings (SSSR count). The first kappa shape index (κ1) is 12.7. The molecule has 0 radical (unpaired) electrons. The second-order valence-electron chi connectivity index (χ2n) is 5.13. The molecule has 2 N–H and O–H groups in total. The lowest BCUT2D eigenvalue weighted by Gasteiger charge is -2.26. The van der Waals surface area contributed by atoms with Gasteiger partial charge in [0.05, 0.1) is 18.0 Å². The minimum atomic E-state index is -0.0922. The van der Waals surface area contributed by atoms with Gasteiger partial charge in [0.1, 0.15) is 5.75 Å². The van der Waals surface area contributed by atoms with Gasteiger partial charge in [-0.2, -0.15) is 0 Å². The van der Waals surface area contributed by atoms with Crippen LogP contribution in [0.2, 0.25) is 0 Å². The van der Waals surface area contributed by atoms with Gasteiger partial charge in [0.2, 0.25) is 0 Å². The first-order valence-electron chi connectivity index (χ1n) is 6.76. The quantitative estimate of drug-likeness (QED) is 0.911. The number of nitrogens with two attached hydrogens (primary N) is 1. The molecule has 0 saturated heterocycles. The van der Waals surface area contributed by atoms with Gasteiger partial charge in [0, 0.05) is 0 Å². The Balaban J connectivity index is 1.81. The molecule has 2 aromatic rings. The van der Waals surface area contributed by atoms with E-state index in [-0.39, 0.29) is 6.04 Å². The van der Waals surface area contributed by atoms with Crippen LogP contribution >= 0.6 is 11.3 Å². The predicted molar refractivity (Wildman–Crippen MR) is 79.9 cm³/mol. The lowest BCUT2D eigenvalue weighted by molar-refractivity contribution is 0.410. The van der Waals surface area contributed by atoms with Crippen LogP contribution in [0.3, 0.4) is 0 Å². The molecule has 0 bridgehead atoms. The summed E-state index contributed by atoms with van der Waals surface area (Å²) in [6, 6.07) is 10.7. The summed E-state index contributed by atoms with van der Waals surface area (Å²) in [6.07, 6.45) is 4.05. The van der Waals surface area contributed by atoms with Crippen LogP contribution in [-0.2, 0) is 0 Å². The Morgan fingerprint density at radius 2 is 1.95 bits per heavy atom. The summed E-state index contributed by atoms with van der Waals surface area (Å²) < 4.78 is 5.35. The van der Waals surface area contributed by atoms with E-state index >= 15 is 0 Å². The van der Waals surface area contributed by atoms with Gasteiger partial charge in [0.15, 0.2) is 0 Å². The summed E-state index contributed by atoms with van der Waals surface area (Å²) in [6.45, 7) is 0. The molecule has 1 aromatic carbocycles. The van der Waals surface area contributed by atoms with Crippen LogP contribution in [0.1, 0.15) is 47.2 Å². The van der Waals surface area contributed by atoms with E-state index in [1.165, 1.54) is 24.8 Å². The first-order chi connectivity index (χ1) is 9.29. The molecule has 1 atom stereocenters. The van der Waals surface area contributed by atoms with Crippen molar-refractivity contribution in [2.75, 3.05) is 7.11 Å². The SMILES string of the molecule is COc1ccsc1C(N)c1ccc(C2CCC2)cc1. The van der Waals surface area contributed by atoms with Gasteiger partial charge < -0.3 is 10.5 Å². The highest BCUT2D eigenvalue weighted by Crippen LogP contribution is 2.37. The lowest BCUT2D eigenvalue weighted by atomic mass is 9.80. The lowest BCUT2D eigenvalue weighted by Crippen LogP contribution is -2.12. The molecule has 19 heavy (non-hydrogen) atoms. The molecule has 3 heteroatoms. The highest BCUT2D eigenvalue weighted by Gasteiger charge is 2.20. The van der Waals surface area contributed by atoms with E-state index in [0.29, 0.717) is 0 Å². The Labute approximate surface area is 118 Å². The van der Waals surface area contributed by atoms with Crippen molar-refractivity contribution in [1.29, 1.82) is 0 Å². The third kappa shape index (κ3) is 2.40. The minimum Gasteiger partial charge on any atom is -0.496 e. The van der Waals surface area contributed by atoms with Crippen LogP contribution in [0.4, 0.5) is 0 Å². The van der Waals surface area contributed by atoms with Gasteiger partial charge in [-0.25, -0.2) is 0 Å². The van der Waals surface area contributed by atoms with Crippen LogP contribution in [-0.4, -0.2) is 7.11 Å². The molecule has 1 saturated carbocycles. The van der Waals surface area contributed by atoms with Gasteiger partial charge in [0.25, 0.3) is 0 Å². The third-order valence-corrected chi connectivity index (χ3v) is 5.01. The van der Waals surface area contributed by atoms with Crippen molar-refractivity contribution in [3.05, 3.63) is 51.7 Å². The number of thiophene rings is 1. The second-order valence-corrected chi connectivity index (χ2v) is 6.07. The van der Waals surface area contributed by atoms with Crippen molar-refractivity contribution in [2.24, 2.45) is 5.73 Å². The van der Waals surface area contributed by atoms with Crippen molar-refractivity contribution < 1.29 is 4.74 Å². The van der Waals surface area contributed by atoms with Gasteiger partial charge in [-0.1, -0.05) is 30.7 Å². The molecule has 2 nitrogen and oxygen atoms in total. The average Bonchev–Trinajstić information content (AvgIpc) is 2.85. The van der Waals surface area contributed by atoms with Gasteiger partial charge in [-0.15, -0.1) is 11.3 Å². The van der Waals surface area contributed by atoms with Gasteiger partial charge in [-0.05, 0) is 41.3 Å². The summed E-state index contributed by atoms with van der Waals surface area (Å²) in [5.74, 6) is 1.67. The van der Waals surface area contributed by atoms with Crippen LogP contribution in [0.15, 0.2) is 35.7 Å². The summed E-state index contributed by atoms with van der Waals surface area (Å²) in [5, 5.41) is 2.02. The first-order valence-corrected chi connectivity index (χ1v) is 7.64. The molecule has 1 heterocycles. The van der Waals surface area contributed by atoms with Crippen molar-refractivity contribution in [1.82, 2.24) is 0 Å². The van der Waals surface area contributed by atoms with Crippen molar-refractivity contribution >= 4 is 11.3 Å². The van der Waals surface area contributed by atoms with E-state index in [0.717, 1.165) is 22.1 Å². The van der Waals surface area contributed by atoms with Crippen LogP contribution in [0.5, 0.6) is 5.75 Å². The van der Waals surface area contributed by atoms with Gasteiger partial charge in [-0.3, -0.25) is 0 Å². The van der Waals surface area contributed by atoms with E-state index in [1.807, 2.05) is 11.4 Å². The molecule has 0 spiro atoms. The molecule has 1 aliphatic carbocycles. The zero-order valence-corrected chi connectivity index (χ0v) is 12.0. The van der Waals surface area contributed by atoms with Crippen molar-refractivity contribution in [3.8, 4) is 5.75 Å². The van der Waals surface area contributed by atoms with Crippen LogP contribution < -0.4 is 10.5 Å². The van der Waals surface area contributed by atoms with Crippen molar-refractivity contribution in [3.63, 3.8) is 0 Å². The monoisotopic (exact) mass is 273 g/mol. The summed E-state index contributed by atoms with van der Waals surface area (Å²) in [7, 11) is 1.69. The molecule has 1 aliphatic rings. The molecule has 1 fully saturated rings. The summed E-state index contributed by atoms with van der Waals surface area (Å²) >= 11 is 1.65. The topological polar surface area (TPSA) is 35.2 Å². The number of hydrogen-bond acceptors (Lipinski definition) is 3. The molecular formula is C16H19NOS.